The van der Waals surface area contributed by atoms with Gasteiger partial charge in [0.15, 0.2) is 0 Å². The summed E-state index contributed by atoms with van der Waals surface area (Å²) in [6.45, 7) is 6.99. The van der Waals surface area contributed by atoms with E-state index in [9.17, 15) is 4.79 Å². The van der Waals surface area contributed by atoms with Gasteiger partial charge in [0.25, 0.3) is 0 Å². The second-order valence-electron chi connectivity index (χ2n) is 10.9. The van der Waals surface area contributed by atoms with Crippen molar-refractivity contribution in [2.75, 3.05) is 0 Å². The summed E-state index contributed by atoms with van der Waals surface area (Å²) in [7, 11) is 0. The van der Waals surface area contributed by atoms with E-state index in [1.54, 1.807) is 0 Å². The molecule has 3 rings (SSSR count). The fourth-order valence-electron chi connectivity index (χ4n) is 6.26. The molecule has 2 saturated carbocycles. The monoisotopic (exact) mass is 440 g/mol. The zero-order valence-electron chi connectivity index (χ0n) is 21.1. The molecule has 2 aliphatic rings. The zero-order valence-corrected chi connectivity index (χ0v) is 21.1. The van der Waals surface area contributed by atoms with E-state index in [1.165, 1.54) is 89.0 Å². The molecule has 0 radical (unpaired) electrons. The quantitative estimate of drug-likeness (QED) is 0.253. The van der Waals surface area contributed by atoms with Crippen molar-refractivity contribution in [1.82, 2.24) is 0 Å². The summed E-state index contributed by atoms with van der Waals surface area (Å²) in [5, 5.41) is 0. The molecule has 32 heavy (non-hydrogen) atoms. The third-order valence-electron chi connectivity index (χ3n) is 8.35. The maximum Gasteiger partial charge on any atom is 0.338 e. The van der Waals surface area contributed by atoms with Crippen molar-refractivity contribution in [3.8, 4) is 0 Å². The molecule has 180 valence electrons. The van der Waals surface area contributed by atoms with E-state index in [0.29, 0.717) is 5.92 Å². The molecule has 3 atom stereocenters. The van der Waals surface area contributed by atoms with Gasteiger partial charge in [-0.25, -0.2) is 4.79 Å². The molecule has 0 aromatic heterocycles. The summed E-state index contributed by atoms with van der Waals surface area (Å²) in [5.41, 5.74) is 2.13. The second kappa shape index (κ2) is 13.4. The highest BCUT2D eigenvalue weighted by Crippen LogP contribution is 2.42. The van der Waals surface area contributed by atoms with Crippen LogP contribution in [0.15, 0.2) is 24.3 Å². The number of carbonyl (C=O) groups excluding carboxylic acids is 1. The highest BCUT2D eigenvalue weighted by atomic mass is 16.5. The summed E-state index contributed by atoms with van der Waals surface area (Å²) in [4.78, 5) is 12.7. The SMILES string of the molecule is CCCCCC1CCC(OC(=O)c2ccc([C@@H]3CCC(CCCCC)C[C@H]3C)cc2)CC1. The predicted molar refractivity (Wildman–Crippen MR) is 135 cm³/mol. The Morgan fingerprint density at radius 3 is 2.00 bits per heavy atom. The highest BCUT2D eigenvalue weighted by Gasteiger charge is 2.29. The van der Waals surface area contributed by atoms with E-state index in [0.717, 1.165) is 36.2 Å². The minimum atomic E-state index is -0.126. The Balaban J connectivity index is 1.43. The molecule has 0 aliphatic heterocycles. The summed E-state index contributed by atoms with van der Waals surface area (Å²) >= 11 is 0. The number of esters is 1. The third-order valence-corrected chi connectivity index (χ3v) is 8.35. The van der Waals surface area contributed by atoms with Gasteiger partial charge in [0, 0.05) is 0 Å². The molecule has 1 unspecified atom stereocenters. The first kappa shape index (κ1) is 25.3. The Morgan fingerprint density at radius 2 is 1.41 bits per heavy atom. The molecule has 2 aliphatic carbocycles. The van der Waals surface area contributed by atoms with E-state index in [-0.39, 0.29) is 12.1 Å². The van der Waals surface area contributed by atoms with Crippen LogP contribution in [0, 0.1) is 17.8 Å². The average Bonchev–Trinajstić information content (AvgIpc) is 2.81. The standard InChI is InChI=1S/C30H48O2/c1-4-6-8-10-24-12-19-28(20-13-24)32-30(31)27-17-15-26(16-18-27)29-21-14-25(22-23(29)3)11-9-7-5-2/h15-18,23-25,28-29H,4-14,19-22H2,1-3H3/t23-,24?,25?,28?,29-/m1/s1. The van der Waals surface area contributed by atoms with Crippen LogP contribution in [0.25, 0.3) is 0 Å². The molecular weight excluding hydrogens is 392 g/mol. The molecule has 1 aromatic rings. The normalized spacial score (nSPS) is 28.4. The Kier molecular flexibility index (Phi) is 10.6. The number of benzene rings is 1. The van der Waals surface area contributed by atoms with Crippen LogP contribution in [0.3, 0.4) is 0 Å². The fraction of sp³-hybridized carbons (Fsp3) is 0.767. The van der Waals surface area contributed by atoms with Crippen molar-refractivity contribution in [2.45, 2.75) is 129 Å². The summed E-state index contributed by atoms with van der Waals surface area (Å²) < 4.78 is 5.88. The predicted octanol–water partition coefficient (Wildman–Crippen LogP) is 9.08. The Morgan fingerprint density at radius 1 is 0.812 bits per heavy atom. The fourth-order valence-corrected chi connectivity index (χ4v) is 6.26. The summed E-state index contributed by atoms with van der Waals surface area (Å²) in [5.74, 6) is 3.02. The largest absolute Gasteiger partial charge is 0.459 e. The van der Waals surface area contributed by atoms with Gasteiger partial charge in [0.05, 0.1) is 5.56 Å². The number of unbranched alkanes of at least 4 members (excludes halogenated alkanes) is 4. The molecule has 0 spiro atoms. The van der Waals surface area contributed by atoms with Gasteiger partial charge in [-0.2, -0.15) is 0 Å². The van der Waals surface area contributed by atoms with Crippen LogP contribution in [0.2, 0.25) is 0 Å². The molecule has 2 fully saturated rings. The van der Waals surface area contributed by atoms with Crippen molar-refractivity contribution in [2.24, 2.45) is 17.8 Å². The van der Waals surface area contributed by atoms with Crippen LogP contribution in [0.1, 0.15) is 139 Å². The van der Waals surface area contributed by atoms with Crippen molar-refractivity contribution in [1.29, 1.82) is 0 Å². The van der Waals surface area contributed by atoms with Crippen molar-refractivity contribution in [3.05, 3.63) is 35.4 Å². The minimum absolute atomic E-state index is 0.118. The maximum absolute atomic E-state index is 12.7. The molecular formula is C30H48O2. The van der Waals surface area contributed by atoms with Crippen LogP contribution in [-0.4, -0.2) is 12.1 Å². The number of carbonyl (C=O) groups is 1. The first-order chi connectivity index (χ1) is 15.6. The molecule has 0 bridgehead atoms. The van der Waals surface area contributed by atoms with E-state index < -0.39 is 0 Å². The number of hydrogen-bond acceptors (Lipinski definition) is 2. The van der Waals surface area contributed by atoms with Gasteiger partial charge in [0.1, 0.15) is 6.10 Å². The summed E-state index contributed by atoms with van der Waals surface area (Å²) in [6.07, 6.45) is 19.5. The van der Waals surface area contributed by atoms with Crippen molar-refractivity contribution < 1.29 is 9.53 Å². The van der Waals surface area contributed by atoms with Crippen molar-refractivity contribution in [3.63, 3.8) is 0 Å². The van der Waals surface area contributed by atoms with Gasteiger partial charge in [-0.05, 0) is 86.3 Å². The smallest absolute Gasteiger partial charge is 0.338 e. The first-order valence-electron chi connectivity index (χ1n) is 13.9. The van der Waals surface area contributed by atoms with Crippen molar-refractivity contribution >= 4 is 5.97 Å². The Hall–Kier alpha value is -1.31. The van der Waals surface area contributed by atoms with Gasteiger partial charge in [0.2, 0.25) is 0 Å². The lowest BCUT2D eigenvalue weighted by Gasteiger charge is -2.34. The minimum Gasteiger partial charge on any atom is -0.459 e. The van der Waals surface area contributed by atoms with Crippen LogP contribution in [0.4, 0.5) is 0 Å². The van der Waals surface area contributed by atoms with E-state index in [1.807, 2.05) is 12.1 Å². The topological polar surface area (TPSA) is 26.3 Å². The summed E-state index contributed by atoms with van der Waals surface area (Å²) in [6, 6.07) is 8.40. The molecule has 0 amide bonds. The molecule has 0 N–H and O–H groups in total. The molecule has 2 nitrogen and oxygen atoms in total. The lowest BCUT2D eigenvalue weighted by molar-refractivity contribution is 0.0161. The van der Waals surface area contributed by atoms with Crippen LogP contribution in [-0.2, 0) is 4.74 Å². The van der Waals surface area contributed by atoms with E-state index >= 15 is 0 Å². The van der Waals surface area contributed by atoms with Crippen LogP contribution < -0.4 is 0 Å². The molecule has 0 heterocycles. The lowest BCUT2D eigenvalue weighted by Crippen LogP contribution is -2.24. The van der Waals surface area contributed by atoms with Crippen LogP contribution in [0.5, 0.6) is 0 Å². The molecule has 0 saturated heterocycles. The molecule has 2 heteroatoms. The Bertz CT molecular complexity index is 656. The molecule has 1 aromatic carbocycles. The maximum atomic E-state index is 12.7. The van der Waals surface area contributed by atoms with E-state index in [2.05, 4.69) is 32.9 Å². The van der Waals surface area contributed by atoms with Crippen LogP contribution >= 0.6 is 0 Å². The van der Waals surface area contributed by atoms with E-state index in [4.69, 9.17) is 4.74 Å². The van der Waals surface area contributed by atoms with Gasteiger partial charge < -0.3 is 4.74 Å². The third kappa shape index (κ3) is 7.63. The number of hydrogen-bond donors (Lipinski definition) is 0. The number of ether oxygens (including phenoxy) is 1. The average molecular weight is 441 g/mol. The van der Waals surface area contributed by atoms with Gasteiger partial charge in [-0.15, -0.1) is 0 Å². The van der Waals surface area contributed by atoms with Gasteiger partial charge >= 0.3 is 5.97 Å². The zero-order chi connectivity index (χ0) is 22.8. The lowest BCUT2D eigenvalue weighted by atomic mass is 9.71. The van der Waals surface area contributed by atoms with Gasteiger partial charge in [-0.3, -0.25) is 0 Å². The highest BCUT2D eigenvalue weighted by molar-refractivity contribution is 5.89. The second-order valence-corrected chi connectivity index (χ2v) is 10.9. The number of rotatable bonds is 11. The Labute approximate surface area is 197 Å². The first-order valence-corrected chi connectivity index (χ1v) is 13.9. The van der Waals surface area contributed by atoms with Gasteiger partial charge in [-0.1, -0.05) is 84.3 Å².